The molecule has 0 spiro atoms. The van der Waals surface area contributed by atoms with Crippen molar-refractivity contribution in [3.8, 4) is 11.4 Å². The lowest BCUT2D eigenvalue weighted by Crippen LogP contribution is -2.12. The quantitative estimate of drug-likeness (QED) is 0.933. The van der Waals surface area contributed by atoms with Crippen LogP contribution in [-0.2, 0) is 6.42 Å². The van der Waals surface area contributed by atoms with E-state index in [9.17, 15) is 13.9 Å². The van der Waals surface area contributed by atoms with Gasteiger partial charge in [-0.3, -0.25) is 0 Å². The van der Waals surface area contributed by atoms with Crippen LogP contribution in [-0.4, -0.2) is 16.3 Å². The topological polar surface area (TPSA) is 34.4 Å². The molecule has 0 saturated heterocycles. The minimum atomic E-state index is -2.85. The van der Waals surface area contributed by atoms with Crippen LogP contribution in [0.1, 0.15) is 30.2 Å². The zero-order chi connectivity index (χ0) is 14.1. The van der Waals surface area contributed by atoms with Gasteiger partial charge < -0.3 is 14.4 Å². The van der Waals surface area contributed by atoms with Gasteiger partial charge in [-0.15, -0.1) is 0 Å². The van der Waals surface area contributed by atoms with Gasteiger partial charge in [0.2, 0.25) is 0 Å². The van der Waals surface area contributed by atoms with Crippen LogP contribution in [0.15, 0.2) is 36.5 Å². The first-order valence-electron chi connectivity index (χ1n) is 6.59. The van der Waals surface area contributed by atoms with Gasteiger partial charge in [0.1, 0.15) is 5.75 Å². The number of benzene rings is 1. The first kappa shape index (κ1) is 13.1. The summed E-state index contributed by atoms with van der Waals surface area (Å²) in [5.74, 6) is 0.140. The van der Waals surface area contributed by atoms with Gasteiger partial charge in [0.05, 0.1) is 11.8 Å². The Labute approximate surface area is 115 Å². The van der Waals surface area contributed by atoms with Crippen LogP contribution < -0.4 is 4.74 Å². The van der Waals surface area contributed by atoms with Gasteiger partial charge in [-0.2, -0.15) is 8.78 Å². The van der Waals surface area contributed by atoms with Gasteiger partial charge in [-0.25, -0.2) is 0 Å². The number of rotatable bonds is 3. The normalized spacial score (nSPS) is 18.1. The van der Waals surface area contributed by atoms with Crippen molar-refractivity contribution in [1.82, 2.24) is 4.57 Å². The Morgan fingerprint density at radius 2 is 2.05 bits per heavy atom. The summed E-state index contributed by atoms with van der Waals surface area (Å²) < 4.78 is 31.3. The molecule has 1 aliphatic rings. The van der Waals surface area contributed by atoms with Crippen molar-refractivity contribution < 1.29 is 18.6 Å². The molecule has 106 valence electrons. The number of fused-ring (bicyclic) bond motifs is 1. The third-order valence-corrected chi connectivity index (χ3v) is 3.62. The lowest BCUT2D eigenvalue weighted by molar-refractivity contribution is -0.0498. The first-order chi connectivity index (χ1) is 9.66. The largest absolute Gasteiger partial charge is 0.433 e. The average Bonchev–Trinajstić information content (AvgIpc) is 2.84. The van der Waals surface area contributed by atoms with Crippen molar-refractivity contribution in [3.63, 3.8) is 0 Å². The van der Waals surface area contributed by atoms with Crippen LogP contribution in [0, 0.1) is 0 Å². The van der Waals surface area contributed by atoms with Gasteiger partial charge in [-0.05, 0) is 37.5 Å². The Morgan fingerprint density at radius 3 is 2.85 bits per heavy atom. The summed E-state index contributed by atoms with van der Waals surface area (Å²) in [6.07, 6.45) is 3.78. The number of aliphatic hydroxyl groups excluding tert-OH is 1. The van der Waals surface area contributed by atoms with Crippen LogP contribution in [0.4, 0.5) is 8.78 Å². The second kappa shape index (κ2) is 5.25. The van der Waals surface area contributed by atoms with Crippen molar-refractivity contribution in [2.75, 3.05) is 0 Å². The molecule has 0 radical (unpaired) electrons. The van der Waals surface area contributed by atoms with Crippen molar-refractivity contribution in [2.45, 2.75) is 32.0 Å². The van der Waals surface area contributed by atoms with E-state index in [0.29, 0.717) is 5.69 Å². The van der Waals surface area contributed by atoms with Crippen LogP contribution in [0.3, 0.4) is 0 Å². The number of ether oxygens (including phenoxy) is 1. The highest BCUT2D eigenvalue weighted by molar-refractivity contribution is 5.49. The van der Waals surface area contributed by atoms with Crippen molar-refractivity contribution in [1.29, 1.82) is 0 Å². The molecule has 0 bridgehead atoms. The van der Waals surface area contributed by atoms with Gasteiger partial charge in [-0.1, -0.05) is 12.1 Å². The maximum atomic E-state index is 12.5. The van der Waals surface area contributed by atoms with Crippen LogP contribution in [0.25, 0.3) is 5.69 Å². The zero-order valence-electron chi connectivity index (χ0n) is 10.8. The SMILES string of the molecule is OC1CCCc2c1ccn2-c1ccccc1OC(F)F. The number of aromatic nitrogens is 1. The molecule has 5 heteroatoms. The molecule has 0 saturated carbocycles. The van der Waals surface area contributed by atoms with Crippen LogP contribution in [0.5, 0.6) is 5.75 Å². The second-order valence-electron chi connectivity index (χ2n) is 4.84. The number of nitrogens with zero attached hydrogens (tertiary/aromatic N) is 1. The number of hydrogen-bond donors (Lipinski definition) is 1. The number of aliphatic hydroxyl groups is 1. The summed E-state index contributed by atoms with van der Waals surface area (Å²) in [7, 11) is 0. The van der Waals surface area contributed by atoms with Gasteiger partial charge in [0.25, 0.3) is 0 Å². The fourth-order valence-electron chi connectivity index (χ4n) is 2.74. The van der Waals surface area contributed by atoms with Crippen LogP contribution >= 0.6 is 0 Å². The van der Waals surface area contributed by atoms with Crippen LogP contribution in [0.2, 0.25) is 0 Å². The number of hydrogen-bond acceptors (Lipinski definition) is 2. The van der Waals surface area contributed by atoms with Crippen molar-refractivity contribution in [2.24, 2.45) is 0 Å². The highest BCUT2D eigenvalue weighted by atomic mass is 19.3. The molecule has 3 rings (SSSR count). The molecule has 0 aliphatic heterocycles. The van der Waals surface area contributed by atoms with Crippen molar-refractivity contribution >= 4 is 0 Å². The number of halogens is 2. The van der Waals surface area contributed by atoms with E-state index < -0.39 is 12.7 Å². The molecule has 1 aromatic carbocycles. The Bertz CT molecular complexity index is 610. The number of alkyl halides is 2. The molecule has 1 unspecified atom stereocenters. The monoisotopic (exact) mass is 279 g/mol. The summed E-state index contributed by atoms with van der Waals surface area (Å²) in [6.45, 7) is -2.85. The van der Waals surface area contributed by atoms with Gasteiger partial charge in [0, 0.05) is 17.5 Å². The Hall–Kier alpha value is -1.88. The maximum absolute atomic E-state index is 12.5. The van der Waals surface area contributed by atoms with E-state index >= 15 is 0 Å². The van der Waals surface area contributed by atoms with E-state index in [2.05, 4.69) is 4.74 Å². The molecular weight excluding hydrogens is 264 g/mol. The smallest absolute Gasteiger partial charge is 0.387 e. The minimum Gasteiger partial charge on any atom is -0.433 e. The maximum Gasteiger partial charge on any atom is 0.387 e. The summed E-state index contributed by atoms with van der Waals surface area (Å²) in [6, 6.07) is 8.54. The molecule has 1 atom stereocenters. The molecule has 2 aromatic rings. The van der Waals surface area contributed by atoms with E-state index in [4.69, 9.17) is 0 Å². The Morgan fingerprint density at radius 1 is 1.25 bits per heavy atom. The third kappa shape index (κ3) is 2.29. The van der Waals surface area contributed by atoms with Gasteiger partial charge >= 0.3 is 6.61 Å². The third-order valence-electron chi connectivity index (χ3n) is 3.62. The predicted octanol–water partition coefficient (Wildman–Crippen LogP) is 3.45. The molecular formula is C15H15F2NO2. The lowest BCUT2D eigenvalue weighted by atomic mass is 9.95. The number of para-hydroxylation sites is 2. The van der Waals surface area contributed by atoms with E-state index in [-0.39, 0.29) is 5.75 Å². The predicted molar refractivity (Wildman–Crippen MR) is 70.3 cm³/mol. The van der Waals surface area contributed by atoms with E-state index in [1.165, 1.54) is 6.07 Å². The van der Waals surface area contributed by atoms with E-state index in [0.717, 1.165) is 30.5 Å². The molecule has 1 aliphatic carbocycles. The summed E-state index contributed by atoms with van der Waals surface area (Å²) in [4.78, 5) is 0. The van der Waals surface area contributed by atoms with E-state index in [1.807, 2.05) is 10.6 Å². The standard InChI is InChI=1S/C15H15F2NO2/c16-15(17)20-14-7-2-1-4-12(14)18-9-8-10-11(18)5-3-6-13(10)19/h1-2,4,7-9,13,15,19H,3,5-6H2. The first-order valence-corrected chi connectivity index (χ1v) is 6.59. The minimum absolute atomic E-state index is 0.140. The molecule has 1 N–H and O–H groups in total. The average molecular weight is 279 g/mol. The summed E-state index contributed by atoms with van der Waals surface area (Å²) >= 11 is 0. The molecule has 0 amide bonds. The fourth-order valence-corrected chi connectivity index (χ4v) is 2.74. The second-order valence-corrected chi connectivity index (χ2v) is 4.84. The van der Waals surface area contributed by atoms with E-state index in [1.54, 1.807) is 24.4 Å². The highest BCUT2D eigenvalue weighted by Crippen LogP contribution is 2.34. The van der Waals surface area contributed by atoms with Gasteiger partial charge in [0.15, 0.2) is 0 Å². The summed E-state index contributed by atoms with van der Waals surface area (Å²) in [5.41, 5.74) is 2.42. The molecule has 3 nitrogen and oxygen atoms in total. The Kier molecular flexibility index (Phi) is 3.44. The lowest BCUT2D eigenvalue weighted by Gasteiger charge is -2.21. The molecule has 0 fully saturated rings. The fraction of sp³-hybridized carbons (Fsp3) is 0.333. The Balaban J connectivity index is 2.06. The molecule has 1 heterocycles. The van der Waals surface area contributed by atoms with Crippen molar-refractivity contribution in [3.05, 3.63) is 47.8 Å². The highest BCUT2D eigenvalue weighted by Gasteiger charge is 2.23. The molecule has 20 heavy (non-hydrogen) atoms. The molecule has 1 aromatic heterocycles. The summed E-state index contributed by atoms with van der Waals surface area (Å²) in [5, 5.41) is 9.97. The zero-order valence-corrected chi connectivity index (χ0v) is 10.8.